The minimum Gasteiger partial charge on any atom is -0.467 e. The van der Waals surface area contributed by atoms with Gasteiger partial charge in [0.25, 0.3) is 11.8 Å². The Bertz CT molecular complexity index is 1260. The molecule has 8 heteroatoms. The van der Waals surface area contributed by atoms with Crippen molar-refractivity contribution in [2.75, 3.05) is 0 Å². The number of nitrogens with zero attached hydrogens (tertiary/aromatic N) is 3. The lowest BCUT2D eigenvalue weighted by Gasteiger charge is -2.11. The van der Waals surface area contributed by atoms with Crippen LogP contribution in [0.4, 0.5) is 0 Å². The molecule has 0 N–H and O–H groups in total. The van der Waals surface area contributed by atoms with Crippen LogP contribution in [-0.2, 0) is 17.9 Å². The number of hydrogen-bond donors (Lipinski definition) is 0. The second kappa shape index (κ2) is 7.00. The normalized spacial score (nSPS) is 13.1. The second-order valence-corrected chi connectivity index (χ2v) is 6.81. The van der Waals surface area contributed by atoms with E-state index in [4.69, 9.17) is 9.15 Å². The van der Waals surface area contributed by atoms with Gasteiger partial charge in [0.1, 0.15) is 18.0 Å². The molecule has 1 aromatic carbocycles. The topological polar surface area (TPSA) is 94.1 Å². The lowest BCUT2D eigenvalue weighted by Crippen LogP contribution is -2.28. The molecule has 1 aliphatic heterocycles. The molecular weight excluding hydrogens is 386 g/mol. The van der Waals surface area contributed by atoms with E-state index in [1.807, 2.05) is 28.8 Å². The Labute approximate surface area is 170 Å². The summed E-state index contributed by atoms with van der Waals surface area (Å²) < 4.78 is 12.4. The highest BCUT2D eigenvalue weighted by atomic mass is 16.5. The van der Waals surface area contributed by atoms with Crippen LogP contribution in [0.2, 0.25) is 0 Å². The van der Waals surface area contributed by atoms with Crippen molar-refractivity contribution in [3.63, 3.8) is 0 Å². The lowest BCUT2D eigenvalue weighted by molar-refractivity contribution is 0.0468. The predicted molar refractivity (Wildman–Crippen MR) is 104 cm³/mol. The molecule has 0 spiro atoms. The average molecular weight is 401 g/mol. The van der Waals surface area contributed by atoms with Crippen LogP contribution >= 0.6 is 0 Å². The third-order valence-electron chi connectivity index (χ3n) is 4.87. The number of carbonyl (C=O) groups is 3. The Morgan fingerprint density at radius 2 is 1.90 bits per heavy atom. The zero-order chi connectivity index (χ0) is 20.7. The lowest BCUT2D eigenvalue weighted by atomic mass is 10.1. The fourth-order valence-corrected chi connectivity index (χ4v) is 3.40. The first kappa shape index (κ1) is 17.9. The van der Waals surface area contributed by atoms with Gasteiger partial charge >= 0.3 is 5.97 Å². The van der Waals surface area contributed by atoms with Crippen LogP contribution in [0.5, 0.6) is 0 Å². The Hall–Kier alpha value is -4.20. The summed E-state index contributed by atoms with van der Waals surface area (Å²) in [5, 5.41) is 0. The standard InChI is InChI=1S/C22H15N3O5/c26-20-17-7-6-14(10-18(17)21(27)25(20)12-16-4-3-9-29-16)22(28)30-13-15-11-24-8-2-1-5-19(24)23-15/h1-11H,12-13H2. The van der Waals surface area contributed by atoms with Gasteiger partial charge in [0.15, 0.2) is 0 Å². The van der Waals surface area contributed by atoms with Gasteiger partial charge in [0.2, 0.25) is 0 Å². The fraction of sp³-hybridized carbons (Fsp3) is 0.0909. The summed E-state index contributed by atoms with van der Waals surface area (Å²) in [4.78, 5) is 43.2. The number of fused-ring (bicyclic) bond motifs is 2. The average Bonchev–Trinajstić information content (AvgIpc) is 3.48. The number of pyridine rings is 1. The fourth-order valence-electron chi connectivity index (χ4n) is 3.40. The predicted octanol–water partition coefficient (Wildman–Crippen LogP) is 3.08. The molecule has 1 aliphatic rings. The van der Waals surface area contributed by atoms with E-state index in [1.54, 1.807) is 18.3 Å². The number of carbonyl (C=O) groups excluding carboxylic acids is 3. The molecule has 5 rings (SSSR count). The van der Waals surface area contributed by atoms with Crippen molar-refractivity contribution in [2.45, 2.75) is 13.2 Å². The van der Waals surface area contributed by atoms with Crippen molar-refractivity contribution in [2.24, 2.45) is 0 Å². The minimum absolute atomic E-state index is 0.00487. The van der Waals surface area contributed by atoms with E-state index >= 15 is 0 Å². The maximum atomic E-state index is 12.7. The second-order valence-electron chi connectivity index (χ2n) is 6.81. The van der Waals surface area contributed by atoms with Gasteiger partial charge in [-0.2, -0.15) is 0 Å². The number of amides is 2. The van der Waals surface area contributed by atoms with E-state index in [1.165, 1.54) is 24.5 Å². The molecular formula is C22H15N3O5. The van der Waals surface area contributed by atoms with E-state index in [0.717, 1.165) is 10.5 Å². The number of hydrogen-bond acceptors (Lipinski definition) is 6. The molecule has 0 saturated carbocycles. The van der Waals surface area contributed by atoms with Crippen LogP contribution < -0.4 is 0 Å². The summed E-state index contributed by atoms with van der Waals surface area (Å²) in [6, 6.07) is 13.3. The van der Waals surface area contributed by atoms with Crippen molar-refractivity contribution in [1.29, 1.82) is 0 Å². The monoisotopic (exact) mass is 401 g/mol. The molecule has 4 aromatic rings. The van der Waals surface area contributed by atoms with Gasteiger partial charge in [-0.1, -0.05) is 6.07 Å². The third-order valence-corrected chi connectivity index (χ3v) is 4.87. The summed E-state index contributed by atoms with van der Waals surface area (Å²) in [6.07, 6.45) is 5.11. The number of aromatic nitrogens is 2. The number of imidazole rings is 1. The van der Waals surface area contributed by atoms with Gasteiger partial charge < -0.3 is 13.6 Å². The molecule has 0 radical (unpaired) electrons. The molecule has 0 aliphatic carbocycles. The first-order valence-corrected chi connectivity index (χ1v) is 9.22. The minimum atomic E-state index is -0.598. The zero-order valence-corrected chi connectivity index (χ0v) is 15.6. The first-order chi connectivity index (χ1) is 14.6. The SMILES string of the molecule is O=C(OCc1cn2ccccc2n1)c1ccc2c(c1)C(=O)N(Cc1ccco1)C2=O. The number of ether oxygens (including phenoxy) is 1. The summed E-state index contributed by atoms with van der Waals surface area (Å²) in [5.41, 5.74) is 1.98. The molecule has 0 saturated heterocycles. The third kappa shape index (κ3) is 3.04. The quantitative estimate of drug-likeness (QED) is 0.377. The Morgan fingerprint density at radius 3 is 2.70 bits per heavy atom. The van der Waals surface area contributed by atoms with E-state index in [-0.39, 0.29) is 29.8 Å². The van der Waals surface area contributed by atoms with Crippen LogP contribution in [0.3, 0.4) is 0 Å². The Balaban J connectivity index is 1.32. The van der Waals surface area contributed by atoms with Crippen LogP contribution in [0.25, 0.3) is 5.65 Å². The highest BCUT2D eigenvalue weighted by Crippen LogP contribution is 2.26. The van der Waals surface area contributed by atoms with E-state index in [0.29, 0.717) is 11.5 Å². The Kier molecular flexibility index (Phi) is 4.17. The summed E-state index contributed by atoms with van der Waals surface area (Å²) >= 11 is 0. The summed E-state index contributed by atoms with van der Waals surface area (Å²) in [6.45, 7) is 0.0299. The van der Waals surface area contributed by atoms with E-state index in [9.17, 15) is 14.4 Å². The maximum Gasteiger partial charge on any atom is 0.338 e. The van der Waals surface area contributed by atoms with Crippen molar-refractivity contribution in [1.82, 2.24) is 14.3 Å². The Morgan fingerprint density at radius 1 is 1.03 bits per heavy atom. The van der Waals surface area contributed by atoms with E-state index in [2.05, 4.69) is 4.98 Å². The number of benzene rings is 1. The van der Waals surface area contributed by atoms with Crippen LogP contribution in [-0.4, -0.2) is 32.1 Å². The molecule has 0 bridgehead atoms. The summed E-state index contributed by atoms with van der Waals surface area (Å²) in [7, 11) is 0. The molecule has 30 heavy (non-hydrogen) atoms. The highest BCUT2D eigenvalue weighted by molar-refractivity contribution is 6.21. The smallest absolute Gasteiger partial charge is 0.338 e. The number of esters is 1. The molecule has 148 valence electrons. The maximum absolute atomic E-state index is 12.7. The van der Waals surface area contributed by atoms with Gasteiger partial charge in [-0.3, -0.25) is 14.5 Å². The van der Waals surface area contributed by atoms with Crippen LogP contribution in [0.1, 0.15) is 42.5 Å². The van der Waals surface area contributed by atoms with Crippen molar-refractivity contribution in [3.05, 3.63) is 95.3 Å². The molecule has 3 aromatic heterocycles. The van der Waals surface area contributed by atoms with Crippen LogP contribution in [0, 0.1) is 0 Å². The molecule has 0 atom stereocenters. The largest absolute Gasteiger partial charge is 0.467 e. The van der Waals surface area contributed by atoms with Gasteiger partial charge in [-0.25, -0.2) is 9.78 Å². The molecule has 0 unspecified atom stereocenters. The van der Waals surface area contributed by atoms with Crippen LogP contribution in [0.15, 0.2) is 71.6 Å². The molecule has 4 heterocycles. The number of rotatable bonds is 5. The molecule has 8 nitrogen and oxygen atoms in total. The number of imide groups is 1. The van der Waals surface area contributed by atoms with Gasteiger partial charge in [-0.15, -0.1) is 0 Å². The molecule has 0 fully saturated rings. The van der Waals surface area contributed by atoms with E-state index < -0.39 is 17.8 Å². The van der Waals surface area contributed by atoms with Gasteiger partial charge in [-0.05, 0) is 42.5 Å². The van der Waals surface area contributed by atoms with Gasteiger partial charge in [0.05, 0.1) is 35.2 Å². The summed E-state index contributed by atoms with van der Waals surface area (Å²) in [5.74, 6) is -0.992. The van der Waals surface area contributed by atoms with Crippen molar-refractivity contribution >= 4 is 23.4 Å². The highest BCUT2D eigenvalue weighted by Gasteiger charge is 2.36. The van der Waals surface area contributed by atoms with Gasteiger partial charge in [0, 0.05) is 12.4 Å². The van der Waals surface area contributed by atoms with Crippen molar-refractivity contribution < 1.29 is 23.5 Å². The first-order valence-electron chi connectivity index (χ1n) is 9.22. The zero-order valence-electron chi connectivity index (χ0n) is 15.6. The number of furan rings is 1. The van der Waals surface area contributed by atoms with Crippen molar-refractivity contribution in [3.8, 4) is 0 Å². The molecule has 2 amide bonds.